The average Bonchev–Trinajstić information content (AvgIpc) is 3.12. The van der Waals surface area contributed by atoms with Gasteiger partial charge in [-0.1, -0.05) is 30.3 Å². The summed E-state index contributed by atoms with van der Waals surface area (Å²) in [6.07, 6.45) is 0. The van der Waals surface area contributed by atoms with E-state index in [0.29, 0.717) is 28.1 Å². The number of carbonyl (C=O) groups is 1. The smallest absolute Gasteiger partial charge is 0.335 e. The van der Waals surface area contributed by atoms with Crippen LogP contribution in [0.2, 0.25) is 0 Å². The molecule has 0 aliphatic rings. The van der Waals surface area contributed by atoms with Crippen molar-refractivity contribution in [3.8, 4) is 22.8 Å². The fourth-order valence-corrected chi connectivity index (χ4v) is 2.97. The summed E-state index contributed by atoms with van der Waals surface area (Å²) in [6, 6.07) is 20.2. The Bertz CT molecular complexity index is 1180. The minimum absolute atomic E-state index is 0.100. The molecule has 4 aromatic rings. The molecular weight excluding hydrogens is 360 g/mol. The molecular formula is C21H14N2O5. The number of fused-ring (bicyclic) bond motifs is 1. The monoisotopic (exact) mass is 374 g/mol. The summed E-state index contributed by atoms with van der Waals surface area (Å²) in [7, 11) is 0. The van der Waals surface area contributed by atoms with Crippen LogP contribution in [0.5, 0.6) is 11.5 Å². The highest BCUT2D eigenvalue weighted by atomic mass is 16.6. The molecule has 28 heavy (non-hydrogen) atoms. The number of H-pyrrole nitrogens is 1. The van der Waals surface area contributed by atoms with Crippen molar-refractivity contribution in [1.29, 1.82) is 0 Å². The molecule has 4 rings (SSSR count). The first-order valence-corrected chi connectivity index (χ1v) is 8.39. The van der Waals surface area contributed by atoms with Gasteiger partial charge in [-0.25, -0.2) is 4.79 Å². The average molecular weight is 374 g/mol. The lowest BCUT2D eigenvalue weighted by Crippen LogP contribution is -1.94. The van der Waals surface area contributed by atoms with Crippen molar-refractivity contribution in [2.75, 3.05) is 0 Å². The Morgan fingerprint density at radius 2 is 1.68 bits per heavy atom. The molecule has 1 aromatic heterocycles. The Morgan fingerprint density at radius 1 is 0.964 bits per heavy atom. The van der Waals surface area contributed by atoms with E-state index in [4.69, 9.17) is 9.84 Å². The van der Waals surface area contributed by atoms with Crippen LogP contribution in [-0.4, -0.2) is 21.0 Å². The number of carboxylic acids is 1. The van der Waals surface area contributed by atoms with Gasteiger partial charge in [-0.2, -0.15) is 0 Å². The van der Waals surface area contributed by atoms with E-state index >= 15 is 0 Å². The highest BCUT2D eigenvalue weighted by Crippen LogP contribution is 2.35. The van der Waals surface area contributed by atoms with Crippen molar-refractivity contribution in [1.82, 2.24) is 4.98 Å². The fraction of sp³-hybridized carbons (Fsp3) is 0. The van der Waals surface area contributed by atoms with Crippen molar-refractivity contribution in [3.05, 3.63) is 88.5 Å². The van der Waals surface area contributed by atoms with Crippen molar-refractivity contribution < 1.29 is 19.6 Å². The number of para-hydroxylation sites is 1. The molecule has 3 aromatic carbocycles. The zero-order chi connectivity index (χ0) is 19.7. The van der Waals surface area contributed by atoms with Crippen molar-refractivity contribution in [3.63, 3.8) is 0 Å². The van der Waals surface area contributed by atoms with Gasteiger partial charge in [-0.05, 0) is 42.0 Å². The van der Waals surface area contributed by atoms with Crippen LogP contribution in [-0.2, 0) is 0 Å². The number of rotatable bonds is 5. The van der Waals surface area contributed by atoms with Crippen LogP contribution in [0.1, 0.15) is 10.4 Å². The first-order valence-electron chi connectivity index (χ1n) is 8.39. The van der Waals surface area contributed by atoms with Crippen LogP contribution in [0.25, 0.3) is 22.2 Å². The molecule has 7 heteroatoms. The second-order valence-corrected chi connectivity index (χ2v) is 6.14. The lowest BCUT2D eigenvalue weighted by molar-refractivity contribution is -0.383. The normalized spacial score (nSPS) is 10.7. The number of ether oxygens (including phenoxy) is 1. The van der Waals surface area contributed by atoms with E-state index in [2.05, 4.69) is 4.98 Å². The zero-order valence-electron chi connectivity index (χ0n) is 14.5. The van der Waals surface area contributed by atoms with E-state index in [0.717, 1.165) is 5.56 Å². The second-order valence-electron chi connectivity index (χ2n) is 6.14. The predicted octanol–water partition coefficient (Wildman–Crippen LogP) is 5.23. The number of aromatic nitrogens is 1. The van der Waals surface area contributed by atoms with Crippen molar-refractivity contribution in [2.24, 2.45) is 0 Å². The Labute approximate surface area is 159 Å². The number of nitro groups is 1. The Hall–Kier alpha value is -4.13. The topological polar surface area (TPSA) is 105 Å². The first kappa shape index (κ1) is 17.3. The van der Waals surface area contributed by atoms with Crippen LogP contribution in [0.3, 0.4) is 0 Å². The van der Waals surface area contributed by atoms with Crippen molar-refractivity contribution >= 4 is 22.6 Å². The summed E-state index contributed by atoms with van der Waals surface area (Å²) in [5.74, 6) is -0.0742. The fourth-order valence-electron chi connectivity index (χ4n) is 2.97. The van der Waals surface area contributed by atoms with Gasteiger partial charge in [0.05, 0.1) is 16.6 Å². The summed E-state index contributed by atoms with van der Waals surface area (Å²) < 4.78 is 5.75. The van der Waals surface area contributed by atoms with Gasteiger partial charge < -0.3 is 14.8 Å². The lowest BCUT2D eigenvalue weighted by Gasteiger charge is -2.05. The molecule has 1 heterocycles. The number of hydrogen-bond donors (Lipinski definition) is 2. The molecule has 0 fully saturated rings. The third-order valence-electron chi connectivity index (χ3n) is 4.30. The summed E-state index contributed by atoms with van der Waals surface area (Å²) in [4.78, 5) is 25.1. The van der Waals surface area contributed by atoms with Crippen molar-refractivity contribution in [2.45, 2.75) is 0 Å². The van der Waals surface area contributed by atoms with Crippen LogP contribution in [0.4, 0.5) is 5.69 Å². The second kappa shape index (κ2) is 6.88. The highest BCUT2D eigenvalue weighted by Gasteiger charge is 2.18. The Kier molecular flexibility index (Phi) is 4.25. The van der Waals surface area contributed by atoms with E-state index in [1.54, 1.807) is 36.4 Å². The highest BCUT2D eigenvalue weighted by molar-refractivity contribution is 5.94. The lowest BCUT2D eigenvalue weighted by atomic mass is 10.1. The SMILES string of the molecule is O=C(O)c1ccc(-c2cc3cc(Oc4ccccc4)cc([N+](=O)[O-])c3[nH]2)cc1. The number of nitro benzene ring substituents is 1. The van der Waals surface area contributed by atoms with Gasteiger partial charge in [0.2, 0.25) is 0 Å². The van der Waals surface area contributed by atoms with Gasteiger partial charge in [-0.3, -0.25) is 10.1 Å². The number of nitrogens with zero attached hydrogens (tertiary/aromatic N) is 1. The zero-order valence-corrected chi connectivity index (χ0v) is 14.5. The maximum atomic E-state index is 11.5. The molecule has 0 atom stereocenters. The quantitative estimate of drug-likeness (QED) is 0.367. The number of hydrogen-bond acceptors (Lipinski definition) is 4. The summed E-state index contributed by atoms with van der Waals surface area (Å²) >= 11 is 0. The number of nitrogens with one attached hydrogen (secondary N) is 1. The molecule has 0 unspecified atom stereocenters. The summed E-state index contributed by atoms with van der Waals surface area (Å²) in [6.45, 7) is 0. The Balaban J connectivity index is 1.78. The minimum Gasteiger partial charge on any atom is -0.478 e. The van der Waals surface area contributed by atoms with E-state index in [9.17, 15) is 14.9 Å². The number of benzene rings is 3. The third kappa shape index (κ3) is 3.28. The maximum Gasteiger partial charge on any atom is 0.335 e. The molecule has 7 nitrogen and oxygen atoms in total. The number of aromatic amines is 1. The summed E-state index contributed by atoms with van der Waals surface area (Å²) in [5.41, 5.74) is 1.82. The largest absolute Gasteiger partial charge is 0.478 e. The summed E-state index contributed by atoms with van der Waals surface area (Å²) in [5, 5.41) is 21.2. The van der Waals surface area contributed by atoms with Gasteiger partial charge in [0, 0.05) is 11.1 Å². The van der Waals surface area contributed by atoms with E-state index in [1.165, 1.54) is 18.2 Å². The molecule has 0 amide bonds. The van der Waals surface area contributed by atoms with Crippen LogP contribution in [0, 0.1) is 10.1 Å². The van der Waals surface area contributed by atoms with Gasteiger partial charge in [-0.15, -0.1) is 0 Å². The standard InChI is InChI=1S/C21H14N2O5/c24-21(25)14-8-6-13(7-9-14)18-11-15-10-17(28-16-4-2-1-3-5-16)12-19(23(26)27)20(15)22-18/h1-12,22H,(H,24,25). The molecule has 0 aliphatic heterocycles. The molecule has 0 aliphatic carbocycles. The Morgan fingerprint density at radius 3 is 2.32 bits per heavy atom. The van der Waals surface area contributed by atoms with Crippen LogP contribution < -0.4 is 4.74 Å². The first-order chi connectivity index (χ1) is 13.5. The van der Waals surface area contributed by atoms with Crippen LogP contribution >= 0.6 is 0 Å². The predicted molar refractivity (Wildman–Crippen MR) is 104 cm³/mol. The molecule has 2 N–H and O–H groups in total. The molecule has 0 saturated carbocycles. The number of aromatic carboxylic acids is 1. The number of non-ortho nitro benzene ring substituents is 1. The van der Waals surface area contributed by atoms with E-state index in [1.807, 2.05) is 18.2 Å². The molecule has 0 spiro atoms. The van der Waals surface area contributed by atoms with Gasteiger partial charge >= 0.3 is 5.97 Å². The molecule has 138 valence electrons. The van der Waals surface area contributed by atoms with Crippen LogP contribution in [0.15, 0.2) is 72.8 Å². The minimum atomic E-state index is -1.01. The van der Waals surface area contributed by atoms with Gasteiger partial charge in [0.1, 0.15) is 17.0 Å². The van der Waals surface area contributed by atoms with E-state index < -0.39 is 10.9 Å². The third-order valence-corrected chi connectivity index (χ3v) is 4.30. The number of carboxylic acid groups (broad SMARTS) is 1. The van der Waals surface area contributed by atoms with Gasteiger partial charge in [0.25, 0.3) is 5.69 Å². The van der Waals surface area contributed by atoms with E-state index in [-0.39, 0.29) is 11.3 Å². The maximum absolute atomic E-state index is 11.5. The molecule has 0 radical (unpaired) electrons. The molecule has 0 saturated heterocycles. The molecule has 0 bridgehead atoms. The van der Waals surface area contributed by atoms with Gasteiger partial charge in [0.15, 0.2) is 0 Å².